The maximum atomic E-state index is 13.6. The van der Waals surface area contributed by atoms with Gasteiger partial charge in [0, 0.05) is 0 Å². The van der Waals surface area contributed by atoms with E-state index >= 15 is 0 Å². The Labute approximate surface area is 103 Å². The lowest BCUT2D eigenvalue weighted by Crippen LogP contribution is -2.49. The highest BCUT2D eigenvalue weighted by Gasteiger charge is 2.35. The molecule has 0 aliphatic rings. The zero-order valence-electron chi connectivity index (χ0n) is 11.2. The summed E-state index contributed by atoms with van der Waals surface area (Å²) in [6, 6.07) is 4.94. The predicted octanol–water partition coefficient (Wildman–Crippen LogP) is 1.68. The van der Waals surface area contributed by atoms with Crippen LogP contribution in [-0.4, -0.2) is 23.8 Å². The predicted molar refractivity (Wildman–Crippen MR) is 69.4 cm³/mol. The first kappa shape index (κ1) is 14.2. The zero-order valence-corrected chi connectivity index (χ0v) is 11.2. The Morgan fingerprint density at radius 2 is 1.82 bits per heavy atom. The SMILES string of the molecule is Cc1cccc(F)c1BOC(C)(C)C(C)(C)O. The second-order valence-electron chi connectivity index (χ2n) is 5.39. The van der Waals surface area contributed by atoms with Crippen LogP contribution in [0, 0.1) is 12.7 Å². The first-order valence-electron chi connectivity index (χ1n) is 5.75. The lowest BCUT2D eigenvalue weighted by atomic mass is 9.80. The van der Waals surface area contributed by atoms with Gasteiger partial charge in [0.25, 0.3) is 0 Å². The van der Waals surface area contributed by atoms with Gasteiger partial charge in [0.05, 0.1) is 11.2 Å². The van der Waals surface area contributed by atoms with Crippen molar-refractivity contribution in [3.8, 4) is 0 Å². The summed E-state index contributed by atoms with van der Waals surface area (Å²) < 4.78 is 19.2. The molecule has 0 atom stereocenters. The minimum atomic E-state index is -0.980. The quantitative estimate of drug-likeness (QED) is 0.808. The Morgan fingerprint density at radius 1 is 1.24 bits per heavy atom. The minimum absolute atomic E-state index is 0.162. The molecule has 1 rings (SSSR count). The lowest BCUT2D eigenvalue weighted by Gasteiger charge is -2.37. The smallest absolute Gasteiger partial charge is 0.312 e. The fraction of sp³-hybridized carbons (Fsp3) is 0.538. The van der Waals surface area contributed by atoms with E-state index < -0.39 is 11.2 Å². The monoisotopic (exact) mass is 238 g/mol. The van der Waals surface area contributed by atoms with Crippen LogP contribution in [0.1, 0.15) is 33.3 Å². The molecule has 4 heteroatoms. The van der Waals surface area contributed by atoms with Crippen molar-refractivity contribution < 1.29 is 14.2 Å². The van der Waals surface area contributed by atoms with Crippen LogP contribution in [0.5, 0.6) is 0 Å². The maximum absolute atomic E-state index is 13.6. The van der Waals surface area contributed by atoms with Crippen molar-refractivity contribution in [2.75, 3.05) is 0 Å². The van der Waals surface area contributed by atoms with Gasteiger partial charge in [-0.2, -0.15) is 0 Å². The molecule has 1 aromatic rings. The van der Waals surface area contributed by atoms with Crippen LogP contribution < -0.4 is 5.46 Å². The summed E-state index contributed by atoms with van der Waals surface area (Å²) in [6.07, 6.45) is 0. The van der Waals surface area contributed by atoms with Crippen LogP contribution >= 0.6 is 0 Å². The Hall–Kier alpha value is -0.865. The maximum Gasteiger partial charge on any atom is 0.312 e. The molecule has 0 aliphatic heterocycles. The third-order valence-electron chi connectivity index (χ3n) is 3.40. The highest BCUT2D eigenvalue weighted by Crippen LogP contribution is 2.24. The molecule has 1 N–H and O–H groups in total. The second kappa shape index (κ2) is 4.79. The van der Waals surface area contributed by atoms with Gasteiger partial charge < -0.3 is 9.76 Å². The van der Waals surface area contributed by atoms with Crippen molar-refractivity contribution in [1.82, 2.24) is 0 Å². The van der Waals surface area contributed by atoms with E-state index in [2.05, 4.69) is 0 Å². The molecule has 2 nitrogen and oxygen atoms in total. The molecule has 0 aromatic heterocycles. The first-order chi connectivity index (χ1) is 7.65. The number of aryl methyl sites for hydroxylation is 1. The molecule has 0 fully saturated rings. The molecule has 0 heterocycles. The van der Waals surface area contributed by atoms with Gasteiger partial charge >= 0.3 is 7.48 Å². The van der Waals surface area contributed by atoms with E-state index in [0.29, 0.717) is 5.46 Å². The van der Waals surface area contributed by atoms with Gasteiger partial charge in [0.2, 0.25) is 0 Å². The van der Waals surface area contributed by atoms with Crippen LogP contribution in [0.15, 0.2) is 18.2 Å². The van der Waals surface area contributed by atoms with Crippen LogP contribution in [0.4, 0.5) is 4.39 Å². The topological polar surface area (TPSA) is 29.5 Å². The van der Waals surface area contributed by atoms with Crippen LogP contribution in [-0.2, 0) is 4.65 Å². The third kappa shape index (κ3) is 3.30. The molecule has 1 aromatic carbocycles. The molecule has 17 heavy (non-hydrogen) atoms. The number of aliphatic hydroxyl groups is 1. The standard InChI is InChI=1S/C13H20BFO2/c1-9-7-6-8-10(15)11(9)14-17-13(4,5)12(2,3)16/h6-8,14,16H,1-5H3. The van der Waals surface area contributed by atoms with Gasteiger partial charge in [-0.05, 0) is 46.1 Å². The molecule has 0 bridgehead atoms. The van der Waals surface area contributed by atoms with Crippen LogP contribution in [0.25, 0.3) is 0 Å². The van der Waals surface area contributed by atoms with Crippen molar-refractivity contribution in [3.05, 3.63) is 29.6 Å². The molecule has 0 aliphatic carbocycles. The van der Waals surface area contributed by atoms with Crippen molar-refractivity contribution in [1.29, 1.82) is 0 Å². The van der Waals surface area contributed by atoms with Gasteiger partial charge in [-0.25, -0.2) is 4.39 Å². The van der Waals surface area contributed by atoms with E-state index in [1.54, 1.807) is 33.8 Å². The molecule has 94 valence electrons. The van der Waals surface area contributed by atoms with E-state index in [0.717, 1.165) is 5.56 Å². The Bertz CT molecular complexity index is 377. The Kier molecular flexibility index (Phi) is 4.00. The molecule has 0 unspecified atom stereocenters. The highest BCUT2D eigenvalue weighted by atomic mass is 19.1. The van der Waals surface area contributed by atoms with E-state index in [1.807, 2.05) is 13.0 Å². The van der Waals surface area contributed by atoms with Gasteiger partial charge in [0.1, 0.15) is 5.82 Å². The number of rotatable bonds is 4. The minimum Gasteiger partial charge on any atom is -0.427 e. The summed E-state index contributed by atoms with van der Waals surface area (Å²) in [4.78, 5) is 0. The summed E-state index contributed by atoms with van der Waals surface area (Å²) in [5.41, 5.74) is -0.310. The van der Waals surface area contributed by atoms with Crippen molar-refractivity contribution in [2.45, 2.75) is 45.8 Å². The van der Waals surface area contributed by atoms with Crippen molar-refractivity contribution in [3.63, 3.8) is 0 Å². The van der Waals surface area contributed by atoms with Gasteiger partial charge in [-0.1, -0.05) is 17.7 Å². The third-order valence-corrected chi connectivity index (χ3v) is 3.40. The summed E-state index contributed by atoms with van der Waals surface area (Å²) in [5.74, 6) is -0.267. The average molecular weight is 238 g/mol. The van der Waals surface area contributed by atoms with Gasteiger partial charge in [-0.3, -0.25) is 0 Å². The molecular weight excluding hydrogens is 218 g/mol. The molecule has 0 radical (unpaired) electrons. The summed E-state index contributed by atoms with van der Waals surface area (Å²) in [5, 5.41) is 9.94. The number of halogens is 1. The summed E-state index contributed by atoms with van der Waals surface area (Å²) in [6.45, 7) is 8.80. The average Bonchev–Trinajstić information content (AvgIpc) is 2.15. The fourth-order valence-corrected chi connectivity index (χ4v) is 1.28. The van der Waals surface area contributed by atoms with E-state index in [4.69, 9.17) is 4.65 Å². The van der Waals surface area contributed by atoms with Gasteiger partial charge in [-0.15, -0.1) is 0 Å². The van der Waals surface area contributed by atoms with E-state index in [9.17, 15) is 9.50 Å². The zero-order chi connectivity index (χ0) is 13.3. The van der Waals surface area contributed by atoms with Crippen LogP contribution in [0.2, 0.25) is 0 Å². The fourth-order valence-electron chi connectivity index (χ4n) is 1.28. The first-order valence-corrected chi connectivity index (χ1v) is 5.75. The summed E-state index contributed by atoms with van der Waals surface area (Å²) >= 11 is 0. The normalized spacial score (nSPS) is 12.6. The summed E-state index contributed by atoms with van der Waals surface area (Å²) in [7, 11) is 0.162. The number of benzene rings is 1. The molecule has 0 amide bonds. The van der Waals surface area contributed by atoms with Crippen molar-refractivity contribution >= 4 is 12.9 Å². The number of hydrogen-bond donors (Lipinski definition) is 1. The van der Waals surface area contributed by atoms with Crippen LogP contribution in [0.3, 0.4) is 0 Å². The molecule has 0 saturated carbocycles. The Morgan fingerprint density at radius 3 is 2.29 bits per heavy atom. The van der Waals surface area contributed by atoms with Crippen molar-refractivity contribution in [2.24, 2.45) is 0 Å². The lowest BCUT2D eigenvalue weighted by molar-refractivity contribution is -0.0893. The largest absolute Gasteiger partial charge is 0.427 e. The molecule has 0 saturated heterocycles. The molecule has 0 spiro atoms. The van der Waals surface area contributed by atoms with Gasteiger partial charge in [0.15, 0.2) is 0 Å². The highest BCUT2D eigenvalue weighted by molar-refractivity contribution is 6.47. The van der Waals surface area contributed by atoms with E-state index in [1.165, 1.54) is 6.07 Å². The number of hydrogen-bond acceptors (Lipinski definition) is 2. The molecular formula is C13H20BFO2. The Balaban J connectivity index is 2.81. The second-order valence-corrected chi connectivity index (χ2v) is 5.39. The van der Waals surface area contributed by atoms with E-state index in [-0.39, 0.29) is 13.3 Å².